The van der Waals surface area contributed by atoms with Crippen molar-refractivity contribution < 1.29 is 4.74 Å². The molecule has 0 radical (unpaired) electrons. The molecule has 37 heavy (non-hydrogen) atoms. The SMILES string of the molecule is CN1CN(c2cccc(Oc3ccc4c(c3)N(c3ccccn3)c3ccccc3[Te]4)c2)c2ccccc21. The van der Waals surface area contributed by atoms with E-state index in [-0.39, 0.29) is 0 Å². The van der Waals surface area contributed by atoms with Crippen LogP contribution in [-0.2, 0) is 0 Å². The van der Waals surface area contributed by atoms with Gasteiger partial charge in [0.05, 0.1) is 0 Å². The van der Waals surface area contributed by atoms with Gasteiger partial charge in [-0.1, -0.05) is 6.07 Å². The van der Waals surface area contributed by atoms with Crippen molar-refractivity contribution in [1.29, 1.82) is 0 Å². The van der Waals surface area contributed by atoms with Crippen LogP contribution in [0.5, 0.6) is 11.5 Å². The summed E-state index contributed by atoms with van der Waals surface area (Å²) in [5.41, 5.74) is 5.94. The number of fused-ring (bicyclic) bond motifs is 3. The quantitative estimate of drug-likeness (QED) is 0.239. The van der Waals surface area contributed by atoms with Crippen LogP contribution in [0.1, 0.15) is 0 Å². The summed E-state index contributed by atoms with van der Waals surface area (Å²) in [7, 11) is 2.13. The minimum absolute atomic E-state index is 0.509. The summed E-state index contributed by atoms with van der Waals surface area (Å²) in [5, 5.41) is 0. The molecule has 0 saturated carbocycles. The monoisotopic (exact) mass is 598 g/mol. The molecule has 2 aliphatic rings. The Morgan fingerprint density at radius 1 is 0.676 bits per heavy atom. The molecule has 0 N–H and O–H groups in total. The fourth-order valence-electron chi connectivity index (χ4n) is 4.98. The molecule has 0 fully saturated rings. The molecule has 0 aliphatic carbocycles. The average molecular weight is 596 g/mol. The van der Waals surface area contributed by atoms with Gasteiger partial charge in [0.15, 0.2) is 0 Å². The standard InChI is InChI=1S/C31H24N4OTe/c1-33-21-34(26-12-3-2-11-25(26)33)22-9-8-10-23(19-22)36-24-16-17-30-28(20-24)35(31-15-6-7-18-32-31)27-13-4-5-14-29(27)37-30/h2-20H,21H2,1H3. The van der Waals surface area contributed by atoms with E-state index in [1.54, 1.807) is 0 Å². The second kappa shape index (κ2) is 9.15. The molecule has 0 amide bonds. The number of nitrogens with zero attached hydrogens (tertiary/aromatic N) is 4. The number of rotatable bonds is 4. The first-order chi connectivity index (χ1) is 18.2. The maximum absolute atomic E-state index is 6.46. The van der Waals surface area contributed by atoms with E-state index in [4.69, 9.17) is 4.74 Å². The Bertz CT molecular complexity index is 1610. The normalized spacial score (nSPS) is 13.7. The Balaban J connectivity index is 1.23. The van der Waals surface area contributed by atoms with Crippen LogP contribution in [0.4, 0.5) is 34.3 Å². The Labute approximate surface area is 226 Å². The van der Waals surface area contributed by atoms with E-state index in [1.165, 1.54) is 24.3 Å². The zero-order valence-corrected chi connectivity index (χ0v) is 22.6. The number of benzene rings is 4. The van der Waals surface area contributed by atoms with E-state index in [9.17, 15) is 0 Å². The van der Waals surface area contributed by atoms with Crippen LogP contribution in [0.25, 0.3) is 0 Å². The molecule has 0 unspecified atom stereocenters. The number of hydrogen-bond donors (Lipinski definition) is 0. The van der Waals surface area contributed by atoms with Gasteiger partial charge in [-0.3, -0.25) is 0 Å². The molecular formula is C31H24N4OTe. The predicted molar refractivity (Wildman–Crippen MR) is 152 cm³/mol. The second-order valence-electron chi connectivity index (χ2n) is 9.08. The van der Waals surface area contributed by atoms with E-state index in [2.05, 4.69) is 118 Å². The van der Waals surface area contributed by atoms with Gasteiger partial charge in [-0.25, -0.2) is 0 Å². The summed E-state index contributed by atoms with van der Waals surface area (Å²) < 4.78 is 9.26. The first kappa shape index (κ1) is 22.2. The molecule has 2 aliphatic heterocycles. The zero-order chi connectivity index (χ0) is 24.8. The molecule has 180 valence electrons. The van der Waals surface area contributed by atoms with Crippen molar-refractivity contribution in [3.8, 4) is 11.5 Å². The van der Waals surface area contributed by atoms with Crippen LogP contribution in [0.15, 0.2) is 115 Å². The number of aromatic nitrogens is 1. The number of ether oxygens (including phenoxy) is 1. The average Bonchev–Trinajstić information content (AvgIpc) is 3.29. The zero-order valence-electron chi connectivity index (χ0n) is 20.3. The Hall–Kier alpha value is -3.98. The predicted octanol–water partition coefficient (Wildman–Crippen LogP) is 5.86. The molecule has 3 heterocycles. The number of hydrogen-bond acceptors (Lipinski definition) is 5. The van der Waals surface area contributed by atoms with E-state index < -0.39 is 20.9 Å². The van der Waals surface area contributed by atoms with E-state index in [1.807, 2.05) is 24.4 Å². The number of anilines is 6. The van der Waals surface area contributed by atoms with Crippen molar-refractivity contribution in [1.82, 2.24) is 4.98 Å². The van der Waals surface area contributed by atoms with Gasteiger partial charge in [0.2, 0.25) is 0 Å². The number of pyridine rings is 1. The summed E-state index contributed by atoms with van der Waals surface area (Å²) in [4.78, 5) is 11.5. The molecule has 5 aromatic rings. The van der Waals surface area contributed by atoms with Crippen LogP contribution in [0.2, 0.25) is 0 Å². The van der Waals surface area contributed by atoms with Crippen LogP contribution < -0.4 is 26.7 Å². The van der Waals surface area contributed by atoms with Gasteiger partial charge >= 0.3 is 221 Å². The summed E-state index contributed by atoms with van der Waals surface area (Å²) in [6.07, 6.45) is 1.85. The van der Waals surface area contributed by atoms with Crippen molar-refractivity contribution in [2.75, 3.05) is 28.4 Å². The van der Waals surface area contributed by atoms with Crippen LogP contribution in [0, 0.1) is 0 Å². The van der Waals surface area contributed by atoms with Crippen LogP contribution in [0.3, 0.4) is 0 Å². The van der Waals surface area contributed by atoms with Gasteiger partial charge in [0.1, 0.15) is 0 Å². The van der Waals surface area contributed by atoms with Gasteiger partial charge in [-0.2, -0.15) is 0 Å². The van der Waals surface area contributed by atoms with Gasteiger partial charge in [-0.15, -0.1) is 0 Å². The van der Waals surface area contributed by atoms with Crippen molar-refractivity contribution >= 4 is 62.4 Å². The summed E-state index contributed by atoms with van der Waals surface area (Å²) in [5.74, 6) is 2.56. The maximum atomic E-state index is 6.46. The summed E-state index contributed by atoms with van der Waals surface area (Å²) in [6, 6.07) is 38.1. The molecule has 0 spiro atoms. The summed E-state index contributed by atoms with van der Waals surface area (Å²) in [6.45, 7) is 0.810. The van der Waals surface area contributed by atoms with E-state index in [0.29, 0.717) is 0 Å². The van der Waals surface area contributed by atoms with Crippen molar-refractivity contribution in [3.05, 3.63) is 115 Å². The topological polar surface area (TPSA) is 31.8 Å². The molecule has 0 saturated heterocycles. The van der Waals surface area contributed by atoms with Gasteiger partial charge in [0, 0.05) is 0 Å². The third-order valence-electron chi connectivity index (χ3n) is 6.68. The fourth-order valence-corrected chi connectivity index (χ4v) is 7.95. The minimum atomic E-state index is -0.509. The second-order valence-corrected chi connectivity index (χ2v) is 12.2. The van der Waals surface area contributed by atoms with Crippen LogP contribution >= 0.6 is 0 Å². The summed E-state index contributed by atoms with van der Waals surface area (Å²) >= 11 is -0.509. The van der Waals surface area contributed by atoms with Crippen molar-refractivity contribution in [3.63, 3.8) is 0 Å². The Kier molecular flexibility index (Phi) is 5.50. The van der Waals surface area contributed by atoms with E-state index >= 15 is 0 Å². The molecule has 1 aromatic heterocycles. The molecule has 0 bridgehead atoms. The first-order valence-electron chi connectivity index (χ1n) is 12.2. The number of para-hydroxylation sites is 3. The molecule has 4 aromatic carbocycles. The molecule has 6 heteroatoms. The van der Waals surface area contributed by atoms with Crippen molar-refractivity contribution in [2.45, 2.75) is 0 Å². The molecular weight excluding hydrogens is 572 g/mol. The van der Waals surface area contributed by atoms with Crippen molar-refractivity contribution in [2.24, 2.45) is 0 Å². The Morgan fingerprint density at radius 3 is 2.30 bits per heavy atom. The molecule has 7 rings (SSSR count). The first-order valence-corrected chi connectivity index (χ1v) is 14.6. The third-order valence-corrected chi connectivity index (χ3v) is 9.90. The van der Waals surface area contributed by atoms with Gasteiger partial charge in [-0.05, 0) is 0 Å². The Morgan fingerprint density at radius 2 is 1.43 bits per heavy atom. The fraction of sp³-hybridized carbons (Fsp3) is 0.0645. The van der Waals surface area contributed by atoms with E-state index in [0.717, 1.165) is 35.4 Å². The molecule has 0 atom stereocenters. The van der Waals surface area contributed by atoms with Crippen LogP contribution in [-0.4, -0.2) is 39.6 Å². The third kappa shape index (κ3) is 3.99. The van der Waals surface area contributed by atoms with Gasteiger partial charge in [0.25, 0.3) is 0 Å². The molecule has 5 nitrogen and oxygen atoms in total. The van der Waals surface area contributed by atoms with Gasteiger partial charge < -0.3 is 0 Å².